The predicted molar refractivity (Wildman–Crippen MR) is 71.6 cm³/mol. The molecule has 0 bridgehead atoms. The van der Waals surface area contributed by atoms with Gasteiger partial charge in [-0.15, -0.1) is 11.3 Å². The van der Waals surface area contributed by atoms with E-state index in [0.717, 1.165) is 17.3 Å². The molecule has 1 fully saturated rings. The Bertz CT molecular complexity index is 463. The maximum absolute atomic E-state index is 11.8. The molecule has 1 aromatic rings. The van der Waals surface area contributed by atoms with Crippen LogP contribution < -0.4 is 5.73 Å². The van der Waals surface area contributed by atoms with E-state index in [1.54, 1.807) is 11.0 Å². The van der Waals surface area contributed by atoms with Crippen molar-refractivity contribution in [2.24, 2.45) is 5.73 Å². The van der Waals surface area contributed by atoms with Gasteiger partial charge in [-0.2, -0.15) is 0 Å². The Morgan fingerprint density at radius 1 is 1.61 bits per heavy atom. The highest BCUT2D eigenvalue weighted by atomic mass is 79.9. The summed E-state index contributed by atoms with van der Waals surface area (Å²) in [5.74, 6) is -0.367. The fraction of sp³-hybridized carbons (Fsp3) is 0.455. The number of carbonyl (C=O) groups excluding carboxylic acids is 2. The van der Waals surface area contributed by atoms with Crippen molar-refractivity contribution in [2.75, 3.05) is 13.2 Å². The number of rotatable bonds is 3. The van der Waals surface area contributed by atoms with E-state index in [4.69, 9.17) is 10.5 Å². The van der Waals surface area contributed by atoms with Crippen LogP contribution in [0.2, 0.25) is 0 Å². The first-order valence-electron chi connectivity index (χ1n) is 5.56. The van der Waals surface area contributed by atoms with E-state index in [0.29, 0.717) is 11.4 Å². The molecule has 1 saturated heterocycles. The van der Waals surface area contributed by atoms with Crippen LogP contribution in [-0.2, 0) is 4.74 Å². The summed E-state index contributed by atoms with van der Waals surface area (Å²) in [4.78, 5) is 25.0. The van der Waals surface area contributed by atoms with Crippen LogP contribution in [0.3, 0.4) is 0 Å². The zero-order valence-corrected chi connectivity index (χ0v) is 12.0. The number of nitrogens with zero attached hydrogens (tertiary/aromatic N) is 1. The van der Waals surface area contributed by atoms with Gasteiger partial charge < -0.3 is 15.4 Å². The van der Waals surface area contributed by atoms with Crippen molar-refractivity contribution in [2.45, 2.75) is 18.9 Å². The molecule has 0 radical (unpaired) electrons. The van der Waals surface area contributed by atoms with Crippen LogP contribution in [0.1, 0.15) is 22.5 Å². The molecular weight excluding hydrogens is 320 g/mol. The molecule has 1 atom stereocenters. The van der Waals surface area contributed by atoms with Gasteiger partial charge in [0.2, 0.25) is 0 Å². The Morgan fingerprint density at radius 2 is 2.39 bits per heavy atom. The lowest BCUT2D eigenvalue weighted by Gasteiger charge is -2.21. The third-order valence-corrected chi connectivity index (χ3v) is 4.69. The smallest absolute Gasteiger partial charge is 0.349 e. The fourth-order valence-electron chi connectivity index (χ4n) is 1.98. The Labute approximate surface area is 117 Å². The number of urea groups is 1. The molecule has 0 spiro atoms. The van der Waals surface area contributed by atoms with Gasteiger partial charge in [0.25, 0.3) is 0 Å². The lowest BCUT2D eigenvalue weighted by molar-refractivity contribution is 0.0427. The molecular formula is C11H13BrN2O3S. The maximum Gasteiger partial charge on any atom is 0.349 e. The topological polar surface area (TPSA) is 72.6 Å². The van der Waals surface area contributed by atoms with Crippen LogP contribution in [-0.4, -0.2) is 36.1 Å². The molecule has 2 heterocycles. The molecule has 18 heavy (non-hydrogen) atoms. The molecule has 2 N–H and O–H groups in total. The minimum Gasteiger partial charge on any atom is -0.459 e. The van der Waals surface area contributed by atoms with Gasteiger partial charge in [-0.25, -0.2) is 9.59 Å². The lowest BCUT2D eigenvalue weighted by Crippen LogP contribution is -2.41. The van der Waals surface area contributed by atoms with Gasteiger partial charge in [-0.3, -0.25) is 0 Å². The molecule has 7 heteroatoms. The van der Waals surface area contributed by atoms with E-state index in [1.807, 2.05) is 5.38 Å². The summed E-state index contributed by atoms with van der Waals surface area (Å²) in [7, 11) is 0. The Balaban J connectivity index is 1.90. The summed E-state index contributed by atoms with van der Waals surface area (Å²) in [5, 5.41) is 1.81. The predicted octanol–water partition coefficient (Wildman–Crippen LogP) is 2.21. The molecule has 0 aliphatic carbocycles. The van der Waals surface area contributed by atoms with E-state index in [2.05, 4.69) is 15.9 Å². The van der Waals surface area contributed by atoms with Crippen LogP contribution in [0.25, 0.3) is 0 Å². The molecule has 2 amide bonds. The van der Waals surface area contributed by atoms with Crippen molar-refractivity contribution in [1.29, 1.82) is 0 Å². The van der Waals surface area contributed by atoms with Crippen molar-refractivity contribution in [3.63, 3.8) is 0 Å². The van der Waals surface area contributed by atoms with Gasteiger partial charge in [0.15, 0.2) is 0 Å². The molecule has 0 saturated carbocycles. The van der Waals surface area contributed by atoms with Crippen LogP contribution in [0.5, 0.6) is 0 Å². The molecule has 5 nitrogen and oxygen atoms in total. The number of carbonyl (C=O) groups is 2. The Hall–Kier alpha value is -1.08. The van der Waals surface area contributed by atoms with Crippen LogP contribution in [0.15, 0.2) is 15.9 Å². The number of hydrogen-bond donors (Lipinski definition) is 1. The molecule has 98 valence electrons. The van der Waals surface area contributed by atoms with Crippen molar-refractivity contribution in [3.05, 3.63) is 20.8 Å². The normalized spacial score (nSPS) is 18.9. The number of ether oxygens (including phenoxy) is 1. The third-order valence-electron chi connectivity index (χ3n) is 2.87. The van der Waals surface area contributed by atoms with Crippen LogP contribution in [0, 0.1) is 0 Å². The van der Waals surface area contributed by atoms with E-state index in [1.165, 1.54) is 11.3 Å². The monoisotopic (exact) mass is 332 g/mol. The molecule has 1 aliphatic heterocycles. The summed E-state index contributed by atoms with van der Waals surface area (Å²) >= 11 is 4.60. The number of nitrogens with two attached hydrogens (primary N) is 1. The van der Waals surface area contributed by atoms with E-state index in [9.17, 15) is 9.59 Å². The zero-order valence-electron chi connectivity index (χ0n) is 9.60. The molecule has 0 unspecified atom stereocenters. The summed E-state index contributed by atoms with van der Waals surface area (Å²) in [6, 6.07) is 1.25. The first-order chi connectivity index (χ1) is 8.59. The Kier molecular flexibility index (Phi) is 4.23. The van der Waals surface area contributed by atoms with Gasteiger partial charge in [-0.1, -0.05) is 0 Å². The number of amides is 2. The maximum atomic E-state index is 11.8. The summed E-state index contributed by atoms with van der Waals surface area (Å²) in [6.45, 7) is 0.840. The van der Waals surface area contributed by atoms with E-state index >= 15 is 0 Å². The summed E-state index contributed by atoms with van der Waals surface area (Å²) in [5.41, 5.74) is 5.25. The van der Waals surface area contributed by atoms with Crippen LogP contribution in [0.4, 0.5) is 4.79 Å². The average molecular weight is 333 g/mol. The SMILES string of the molecule is NC(=O)N1CCC[C@@H]1COC(=O)c1sccc1Br. The molecule has 1 aliphatic rings. The molecule has 2 rings (SSSR count). The minimum absolute atomic E-state index is 0.0924. The van der Waals surface area contributed by atoms with Gasteiger partial charge in [0.05, 0.1) is 6.04 Å². The largest absolute Gasteiger partial charge is 0.459 e. The fourth-order valence-corrected chi connectivity index (χ4v) is 3.40. The summed E-state index contributed by atoms with van der Waals surface area (Å²) < 4.78 is 5.96. The van der Waals surface area contributed by atoms with Gasteiger partial charge in [0, 0.05) is 11.0 Å². The third kappa shape index (κ3) is 2.84. The van der Waals surface area contributed by atoms with Gasteiger partial charge in [-0.05, 0) is 40.2 Å². The molecule has 0 aromatic carbocycles. The number of primary amides is 1. The second-order valence-corrected chi connectivity index (χ2v) is 5.79. The second-order valence-electron chi connectivity index (χ2n) is 4.02. The number of thiophene rings is 1. The standard InChI is InChI=1S/C11H13BrN2O3S/c12-8-3-5-18-9(8)10(15)17-6-7-2-1-4-14(7)11(13)16/h3,5,7H,1-2,4,6H2,(H2,13,16)/t7-/m1/s1. The number of esters is 1. The van der Waals surface area contributed by atoms with E-state index < -0.39 is 6.03 Å². The summed E-state index contributed by atoms with van der Waals surface area (Å²) in [6.07, 6.45) is 1.72. The highest BCUT2D eigenvalue weighted by Crippen LogP contribution is 2.24. The number of hydrogen-bond acceptors (Lipinski definition) is 4. The lowest BCUT2D eigenvalue weighted by atomic mass is 10.2. The van der Waals surface area contributed by atoms with Crippen molar-refractivity contribution in [3.8, 4) is 0 Å². The highest BCUT2D eigenvalue weighted by molar-refractivity contribution is 9.10. The first kappa shape index (κ1) is 13.4. The number of halogens is 1. The zero-order chi connectivity index (χ0) is 13.1. The van der Waals surface area contributed by atoms with Crippen molar-refractivity contribution < 1.29 is 14.3 Å². The van der Waals surface area contributed by atoms with Gasteiger partial charge in [0.1, 0.15) is 11.5 Å². The van der Waals surface area contributed by atoms with Gasteiger partial charge >= 0.3 is 12.0 Å². The van der Waals surface area contributed by atoms with Crippen molar-refractivity contribution >= 4 is 39.3 Å². The first-order valence-corrected chi connectivity index (χ1v) is 7.23. The highest BCUT2D eigenvalue weighted by Gasteiger charge is 2.28. The van der Waals surface area contributed by atoms with E-state index in [-0.39, 0.29) is 18.6 Å². The minimum atomic E-state index is -0.453. The van der Waals surface area contributed by atoms with Crippen LogP contribution >= 0.6 is 27.3 Å². The molecule has 1 aromatic heterocycles. The average Bonchev–Trinajstić information content (AvgIpc) is 2.94. The quantitative estimate of drug-likeness (QED) is 0.862. The second kappa shape index (κ2) is 5.71. The Morgan fingerprint density at radius 3 is 3.00 bits per heavy atom. The van der Waals surface area contributed by atoms with Crippen molar-refractivity contribution in [1.82, 2.24) is 4.90 Å². The number of likely N-dealkylation sites (tertiary alicyclic amines) is 1.